The maximum atomic E-state index is 10.8. The van der Waals surface area contributed by atoms with Crippen molar-refractivity contribution in [3.05, 3.63) is 30.3 Å². The zero-order valence-corrected chi connectivity index (χ0v) is 10.3. The second kappa shape index (κ2) is 7.71. The van der Waals surface area contributed by atoms with E-state index in [1.807, 2.05) is 30.3 Å². The highest BCUT2D eigenvalue weighted by molar-refractivity contribution is 5.67. The van der Waals surface area contributed by atoms with Gasteiger partial charge in [-0.25, -0.2) is 0 Å². The van der Waals surface area contributed by atoms with E-state index < -0.39 is 5.97 Å². The monoisotopic (exact) mass is 236 g/mol. The van der Waals surface area contributed by atoms with Crippen LogP contribution >= 0.6 is 0 Å². The van der Waals surface area contributed by atoms with E-state index >= 15 is 0 Å². The summed E-state index contributed by atoms with van der Waals surface area (Å²) in [6.45, 7) is 2.13. The van der Waals surface area contributed by atoms with E-state index in [0.29, 0.717) is 0 Å². The molecule has 0 heterocycles. The SMILES string of the molecule is CCCCCC(CC(=O)O)Oc1ccccc1. The number of hydrogen-bond donors (Lipinski definition) is 1. The largest absolute Gasteiger partial charge is 0.490 e. The van der Waals surface area contributed by atoms with Gasteiger partial charge in [-0.05, 0) is 25.0 Å². The van der Waals surface area contributed by atoms with Crippen molar-refractivity contribution >= 4 is 5.97 Å². The molecule has 3 nitrogen and oxygen atoms in total. The number of carboxylic acids is 1. The van der Waals surface area contributed by atoms with Crippen LogP contribution < -0.4 is 4.74 Å². The van der Waals surface area contributed by atoms with E-state index in [2.05, 4.69) is 6.92 Å². The van der Waals surface area contributed by atoms with Gasteiger partial charge in [-0.15, -0.1) is 0 Å². The standard InChI is InChI=1S/C14H20O3/c1-2-3-5-10-13(11-14(15)16)17-12-8-6-4-7-9-12/h4,6-9,13H,2-3,5,10-11H2,1H3,(H,15,16). The maximum Gasteiger partial charge on any atom is 0.307 e. The van der Waals surface area contributed by atoms with E-state index in [-0.39, 0.29) is 12.5 Å². The van der Waals surface area contributed by atoms with E-state index in [0.717, 1.165) is 31.4 Å². The fourth-order valence-electron chi connectivity index (χ4n) is 1.71. The molecule has 0 amide bonds. The van der Waals surface area contributed by atoms with E-state index in [1.54, 1.807) is 0 Å². The molecule has 1 unspecified atom stereocenters. The van der Waals surface area contributed by atoms with Gasteiger partial charge in [-0.2, -0.15) is 0 Å². The Bertz CT molecular complexity index is 321. The van der Waals surface area contributed by atoms with Crippen molar-refractivity contribution in [3.63, 3.8) is 0 Å². The van der Waals surface area contributed by atoms with Crippen molar-refractivity contribution in [1.82, 2.24) is 0 Å². The summed E-state index contributed by atoms with van der Waals surface area (Å²) in [7, 11) is 0. The Hall–Kier alpha value is -1.51. The van der Waals surface area contributed by atoms with Crippen LogP contribution in [0, 0.1) is 0 Å². The Morgan fingerprint density at radius 3 is 2.59 bits per heavy atom. The van der Waals surface area contributed by atoms with Crippen LogP contribution in [0.3, 0.4) is 0 Å². The number of unbranched alkanes of at least 4 members (excludes halogenated alkanes) is 2. The second-order valence-electron chi connectivity index (χ2n) is 4.15. The summed E-state index contributed by atoms with van der Waals surface area (Å²) >= 11 is 0. The third-order valence-electron chi connectivity index (χ3n) is 2.58. The Morgan fingerprint density at radius 1 is 1.29 bits per heavy atom. The Morgan fingerprint density at radius 2 is 2.00 bits per heavy atom. The molecule has 1 N–H and O–H groups in total. The molecular weight excluding hydrogens is 216 g/mol. The van der Waals surface area contributed by atoms with Crippen LogP contribution in [0.5, 0.6) is 5.75 Å². The van der Waals surface area contributed by atoms with Crippen LogP contribution in [0.2, 0.25) is 0 Å². The summed E-state index contributed by atoms with van der Waals surface area (Å²) < 4.78 is 5.69. The molecule has 1 aromatic rings. The van der Waals surface area contributed by atoms with Gasteiger partial charge in [0.2, 0.25) is 0 Å². The zero-order chi connectivity index (χ0) is 12.5. The molecule has 0 spiro atoms. The zero-order valence-electron chi connectivity index (χ0n) is 10.3. The Labute approximate surface area is 102 Å². The molecule has 1 atom stereocenters. The van der Waals surface area contributed by atoms with E-state index in [9.17, 15) is 4.79 Å². The third kappa shape index (κ3) is 5.95. The number of carbonyl (C=O) groups is 1. The lowest BCUT2D eigenvalue weighted by molar-refractivity contribution is -0.138. The fourth-order valence-corrected chi connectivity index (χ4v) is 1.71. The molecule has 0 saturated heterocycles. The molecule has 1 aromatic carbocycles. The highest BCUT2D eigenvalue weighted by atomic mass is 16.5. The Balaban J connectivity index is 2.48. The van der Waals surface area contributed by atoms with Gasteiger partial charge in [0.05, 0.1) is 6.42 Å². The van der Waals surface area contributed by atoms with Crippen molar-refractivity contribution in [1.29, 1.82) is 0 Å². The van der Waals surface area contributed by atoms with Gasteiger partial charge < -0.3 is 9.84 Å². The third-order valence-corrected chi connectivity index (χ3v) is 2.58. The first kappa shape index (κ1) is 13.6. The van der Waals surface area contributed by atoms with Crippen LogP contribution in [0.15, 0.2) is 30.3 Å². The summed E-state index contributed by atoms with van der Waals surface area (Å²) in [6.07, 6.45) is 3.91. The molecule has 3 heteroatoms. The van der Waals surface area contributed by atoms with E-state index in [4.69, 9.17) is 9.84 Å². The molecule has 0 saturated carbocycles. The van der Waals surface area contributed by atoms with Gasteiger partial charge >= 0.3 is 5.97 Å². The minimum absolute atomic E-state index is 0.0681. The summed E-state index contributed by atoms with van der Waals surface area (Å²) in [5, 5.41) is 8.84. The maximum absolute atomic E-state index is 10.8. The number of ether oxygens (including phenoxy) is 1. The average molecular weight is 236 g/mol. The smallest absolute Gasteiger partial charge is 0.307 e. The van der Waals surface area contributed by atoms with Gasteiger partial charge in [0.1, 0.15) is 11.9 Å². The van der Waals surface area contributed by atoms with Gasteiger partial charge in [-0.1, -0.05) is 38.0 Å². The molecule has 0 aliphatic carbocycles. The van der Waals surface area contributed by atoms with Crippen LogP contribution in [0.4, 0.5) is 0 Å². The highest BCUT2D eigenvalue weighted by Gasteiger charge is 2.14. The number of aliphatic carboxylic acids is 1. The van der Waals surface area contributed by atoms with E-state index in [1.165, 1.54) is 0 Å². The molecule has 0 radical (unpaired) electrons. The predicted molar refractivity (Wildman–Crippen MR) is 67.3 cm³/mol. The van der Waals surface area contributed by atoms with Crippen molar-refractivity contribution < 1.29 is 14.6 Å². The molecule has 94 valence electrons. The van der Waals surface area contributed by atoms with Gasteiger partial charge in [-0.3, -0.25) is 4.79 Å². The first-order valence-electron chi connectivity index (χ1n) is 6.16. The number of carboxylic acid groups (broad SMARTS) is 1. The lowest BCUT2D eigenvalue weighted by atomic mass is 10.1. The first-order chi connectivity index (χ1) is 8.22. The molecule has 0 aromatic heterocycles. The van der Waals surface area contributed by atoms with Crippen LogP contribution in [-0.2, 0) is 4.79 Å². The number of hydrogen-bond acceptors (Lipinski definition) is 2. The van der Waals surface area contributed by atoms with Crippen LogP contribution in [0.1, 0.15) is 39.0 Å². The molecule has 0 aliphatic heterocycles. The summed E-state index contributed by atoms with van der Waals surface area (Å²) in [5.74, 6) is -0.0577. The quantitative estimate of drug-likeness (QED) is 0.703. The van der Waals surface area contributed by atoms with Crippen LogP contribution in [0.25, 0.3) is 0 Å². The summed E-state index contributed by atoms with van der Waals surface area (Å²) in [6, 6.07) is 9.40. The summed E-state index contributed by atoms with van der Waals surface area (Å²) in [5.41, 5.74) is 0. The van der Waals surface area contributed by atoms with Crippen molar-refractivity contribution in [2.75, 3.05) is 0 Å². The number of benzene rings is 1. The van der Waals surface area contributed by atoms with Crippen LogP contribution in [-0.4, -0.2) is 17.2 Å². The molecule has 0 bridgehead atoms. The van der Waals surface area contributed by atoms with Gasteiger partial charge in [0.15, 0.2) is 0 Å². The Kier molecular flexibility index (Phi) is 6.15. The minimum atomic E-state index is -0.803. The fraction of sp³-hybridized carbons (Fsp3) is 0.500. The van der Waals surface area contributed by atoms with Crippen molar-refractivity contribution in [3.8, 4) is 5.75 Å². The first-order valence-corrected chi connectivity index (χ1v) is 6.16. The number of para-hydroxylation sites is 1. The lowest BCUT2D eigenvalue weighted by Gasteiger charge is -2.17. The topological polar surface area (TPSA) is 46.5 Å². The highest BCUT2D eigenvalue weighted by Crippen LogP contribution is 2.16. The van der Waals surface area contributed by atoms with Crippen molar-refractivity contribution in [2.24, 2.45) is 0 Å². The van der Waals surface area contributed by atoms with Gasteiger partial charge in [0, 0.05) is 0 Å². The predicted octanol–water partition coefficient (Wildman–Crippen LogP) is 3.49. The molecular formula is C14H20O3. The van der Waals surface area contributed by atoms with Crippen molar-refractivity contribution in [2.45, 2.75) is 45.1 Å². The molecule has 17 heavy (non-hydrogen) atoms. The van der Waals surface area contributed by atoms with Gasteiger partial charge in [0.25, 0.3) is 0 Å². The molecule has 0 fully saturated rings. The summed E-state index contributed by atoms with van der Waals surface area (Å²) in [4.78, 5) is 10.8. The average Bonchev–Trinajstić information content (AvgIpc) is 2.30. The lowest BCUT2D eigenvalue weighted by Crippen LogP contribution is -2.20. The number of rotatable bonds is 8. The second-order valence-corrected chi connectivity index (χ2v) is 4.15. The minimum Gasteiger partial charge on any atom is -0.490 e. The molecule has 1 rings (SSSR count). The molecule has 0 aliphatic rings. The normalized spacial score (nSPS) is 12.1.